The van der Waals surface area contributed by atoms with Gasteiger partial charge >= 0.3 is 18.1 Å². The number of carbonyl (C=O) groups excluding carboxylic acids is 1. The Morgan fingerprint density at radius 2 is 1.68 bits per heavy atom. The third kappa shape index (κ3) is 4.86. The molecule has 1 amide bonds. The number of carbonyl (C=O) groups is 1. The molecule has 38 heavy (non-hydrogen) atoms. The summed E-state index contributed by atoms with van der Waals surface area (Å²) in [7, 11) is -4.38. The average Bonchev–Trinajstić information content (AvgIpc) is 3.38. The number of amides is 1. The highest BCUT2D eigenvalue weighted by Gasteiger charge is 2.43. The van der Waals surface area contributed by atoms with Crippen molar-refractivity contribution in [3.63, 3.8) is 0 Å². The molecule has 0 saturated heterocycles. The van der Waals surface area contributed by atoms with Gasteiger partial charge < -0.3 is 9.32 Å². The summed E-state index contributed by atoms with van der Waals surface area (Å²) in [6.45, 7) is 1.37. The smallest absolute Gasteiger partial charge is 0.402 e. The summed E-state index contributed by atoms with van der Waals surface area (Å²) in [5.74, 6) is -1.85. The molecule has 0 atom stereocenters. The Kier molecular flexibility index (Phi) is 6.43. The van der Waals surface area contributed by atoms with Gasteiger partial charge in [-0.2, -0.15) is 17.5 Å². The molecule has 0 fully saturated rings. The van der Waals surface area contributed by atoms with E-state index in [9.17, 15) is 26.4 Å². The lowest BCUT2D eigenvalue weighted by molar-refractivity contribution is -0.186. The van der Waals surface area contributed by atoms with E-state index in [1.807, 2.05) is 13.0 Å². The molecule has 0 radical (unpaired) electrons. The molecule has 196 valence electrons. The summed E-state index contributed by atoms with van der Waals surface area (Å²) in [6.07, 6.45) is -4.85. The molecule has 0 unspecified atom stereocenters. The maximum Gasteiger partial charge on any atom is 0.471 e. The van der Waals surface area contributed by atoms with Crippen LogP contribution in [0.5, 0.6) is 0 Å². The molecule has 1 aliphatic heterocycles. The van der Waals surface area contributed by atoms with Gasteiger partial charge in [-0.15, -0.1) is 5.10 Å². The lowest BCUT2D eigenvalue weighted by Gasteiger charge is -2.30. The molecule has 0 saturated carbocycles. The van der Waals surface area contributed by atoms with E-state index in [-0.39, 0.29) is 42.0 Å². The Labute approximate surface area is 216 Å². The number of alkyl halides is 3. The van der Waals surface area contributed by atoms with Crippen molar-refractivity contribution in [1.29, 1.82) is 0 Å². The summed E-state index contributed by atoms with van der Waals surface area (Å²) in [5, 5.41) is 7.99. The highest BCUT2D eigenvalue weighted by atomic mass is 32.2. The van der Waals surface area contributed by atoms with Crippen molar-refractivity contribution in [2.45, 2.75) is 31.0 Å². The molecule has 0 aliphatic carbocycles. The van der Waals surface area contributed by atoms with Gasteiger partial charge in [0, 0.05) is 18.7 Å². The third-order valence-corrected chi connectivity index (χ3v) is 7.83. The molecule has 2 heterocycles. The highest BCUT2D eigenvalue weighted by Crippen LogP contribution is 2.35. The van der Waals surface area contributed by atoms with Crippen LogP contribution >= 0.6 is 0 Å². The number of halogens is 3. The van der Waals surface area contributed by atoms with Gasteiger partial charge in [-0.25, -0.2) is 8.42 Å². The van der Waals surface area contributed by atoms with E-state index in [1.54, 1.807) is 54.6 Å². The second-order valence-corrected chi connectivity index (χ2v) is 10.6. The Balaban J connectivity index is 1.56. The molecule has 0 bridgehead atoms. The largest absolute Gasteiger partial charge is 0.471 e. The van der Waals surface area contributed by atoms with Gasteiger partial charge in [0.1, 0.15) is 0 Å². The second kappa shape index (κ2) is 9.60. The van der Waals surface area contributed by atoms with Crippen molar-refractivity contribution in [1.82, 2.24) is 15.1 Å². The predicted octanol–water partition coefficient (Wildman–Crippen LogP) is 5.02. The number of anilines is 2. The number of hydrogen-bond acceptors (Lipinski definition) is 6. The SMILES string of the molecule is Cc1ccc(N(c2nnc(-c3ccccc3)o2)S(=O)(=O)c2ccc3c(c2)CN(C(=O)C(F)(F)F)CC3)cc1. The van der Waals surface area contributed by atoms with Gasteiger partial charge in [0.15, 0.2) is 0 Å². The summed E-state index contributed by atoms with van der Waals surface area (Å²) < 4.78 is 73.6. The first-order chi connectivity index (χ1) is 18.0. The van der Waals surface area contributed by atoms with Crippen LogP contribution in [0.2, 0.25) is 0 Å². The monoisotopic (exact) mass is 542 g/mol. The number of hydrogen-bond donors (Lipinski definition) is 0. The molecule has 5 rings (SSSR count). The van der Waals surface area contributed by atoms with Crippen molar-refractivity contribution in [3.8, 4) is 11.5 Å². The van der Waals surface area contributed by atoms with Gasteiger partial charge in [-0.05, 0) is 60.9 Å². The van der Waals surface area contributed by atoms with Crippen LogP contribution in [0.1, 0.15) is 16.7 Å². The number of rotatable bonds is 5. The first-order valence-electron chi connectivity index (χ1n) is 11.5. The molecule has 8 nitrogen and oxygen atoms in total. The van der Waals surface area contributed by atoms with Crippen LogP contribution in [0.3, 0.4) is 0 Å². The van der Waals surface area contributed by atoms with Crippen LogP contribution in [0.15, 0.2) is 82.1 Å². The Morgan fingerprint density at radius 1 is 0.974 bits per heavy atom. The van der Waals surface area contributed by atoms with Crippen molar-refractivity contribution in [2.75, 3.05) is 10.8 Å². The van der Waals surface area contributed by atoms with E-state index in [4.69, 9.17) is 4.42 Å². The average molecular weight is 543 g/mol. The zero-order valence-electron chi connectivity index (χ0n) is 20.0. The van der Waals surface area contributed by atoms with Gasteiger partial charge in [-0.3, -0.25) is 4.79 Å². The molecular weight excluding hydrogens is 521 g/mol. The van der Waals surface area contributed by atoms with E-state index in [0.29, 0.717) is 21.6 Å². The van der Waals surface area contributed by atoms with Crippen molar-refractivity contribution in [3.05, 3.63) is 89.5 Å². The van der Waals surface area contributed by atoms with E-state index in [1.165, 1.54) is 12.1 Å². The third-order valence-electron chi connectivity index (χ3n) is 6.14. The fourth-order valence-electron chi connectivity index (χ4n) is 4.18. The quantitative estimate of drug-likeness (QED) is 0.352. The van der Waals surface area contributed by atoms with Crippen LogP contribution in [-0.4, -0.2) is 42.1 Å². The molecule has 0 N–H and O–H groups in total. The number of nitrogens with zero attached hydrogens (tertiary/aromatic N) is 4. The number of aromatic nitrogens is 2. The molecule has 1 aliphatic rings. The molecule has 12 heteroatoms. The van der Waals surface area contributed by atoms with Crippen LogP contribution in [-0.2, 0) is 27.8 Å². The van der Waals surface area contributed by atoms with E-state index in [0.717, 1.165) is 9.87 Å². The van der Waals surface area contributed by atoms with E-state index >= 15 is 0 Å². The Morgan fingerprint density at radius 3 is 2.37 bits per heavy atom. The normalized spacial score (nSPS) is 13.7. The van der Waals surface area contributed by atoms with Gasteiger partial charge in [-0.1, -0.05) is 47.1 Å². The van der Waals surface area contributed by atoms with Gasteiger partial charge in [0.2, 0.25) is 5.89 Å². The number of sulfonamides is 1. The summed E-state index contributed by atoms with van der Waals surface area (Å²) >= 11 is 0. The summed E-state index contributed by atoms with van der Waals surface area (Å²) in [5.41, 5.74) is 2.70. The van der Waals surface area contributed by atoms with E-state index < -0.39 is 22.1 Å². The van der Waals surface area contributed by atoms with Gasteiger partial charge in [0.25, 0.3) is 10.0 Å². The minimum atomic E-state index is -5.02. The lowest BCUT2D eigenvalue weighted by Crippen LogP contribution is -2.43. The maximum atomic E-state index is 14.0. The first-order valence-corrected chi connectivity index (χ1v) is 13.0. The van der Waals surface area contributed by atoms with Crippen LogP contribution < -0.4 is 4.31 Å². The lowest BCUT2D eigenvalue weighted by atomic mass is 10.00. The fourth-order valence-corrected chi connectivity index (χ4v) is 5.60. The van der Waals surface area contributed by atoms with Crippen LogP contribution in [0.4, 0.5) is 24.9 Å². The fraction of sp³-hybridized carbons (Fsp3) is 0.192. The maximum absolute atomic E-state index is 14.0. The predicted molar refractivity (Wildman–Crippen MR) is 132 cm³/mol. The topological polar surface area (TPSA) is 96.6 Å². The summed E-state index contributed by atoms with van der Waals surface area (Å²) in [6, 6.07) is 19.3. The van der Waals surface area contributed by atoms with Crippen molar-refractivity contribution in [2.24, 2.45) is 0 Å². The van der Waals surface area contributed by atoms with Crippen LogP contribution in [0.25, 0.3) is 11.5 Å². The molecule has 4 aromatic rings. The number of benzene rings is 3. The molecule has 3 aromatic carbocycles. The minimum Gasteiger partial charge on any atom is -0.402 e. The standard InChI is InChI=1S/C26H21F3N4O4S/c1-17-7-10-21(11-8-17)33(25-31-30-23(37-25)19-5-3-2-4-6-19)38(35,36)22-12-9-18-13-14-32(16-20(18)15-22)24(34)26(27,28)29/h2-12,15H,13-14,16H2,1H3. The Hall–Kier alpha value is -4.19. The molecular formula is C26H21F3N4O4S. The summed E-state index contributed by atoms with van der Waals surface area (Å²) in [4.78, 5) is 12.3. The number of aryl methyl sites for hydroxylation is 1. The van der Waals surface area contributed by atoms with Crippen LogP contribution in [0, 0.1) is 6.92 Å². The zero-order valence-corrected chi connectivity index (χ0v) is 20.8. The second-order valence-electron chi connectivity index (χ2n) is 8.77. The zero-order chi connectivity index (χ0) is 27.1. The van der Waals surface area contributed by atoms with E-state index in [2.05, 4.69) is 10.2 Å². The molecule has 1 aromatic heterocycles. The van der Waals surface area contributed by atoms with Crippen molar-refractivity contribution >= 4 is 27.6 Å². The molecule has 0 spiro atoms. The Bertz CT molecular complexity index is 1590. The first kappa shape index (κ1) is 25.5. The van der Waals surface area contributed by atoms with Crippen molar-refractivity contribution < 1.29 is 30.8 Å². The number of fused-ring (bicyclic) bond motifs is 1. The minimum absolute atomic E-state index is 0.111. The highest BCUT2D eigenvalue weighted by molar-refractivity contribution is 7.93. The van der Waals surface area contributed by atoms with Gasteiger partial charge in [0.05, 0.1) is 10.6 Å².